The van der Waals surface area contributed by atoms with Crippen molar-refractivity contribution in [3.05, 3.63) is 53.6 Å². The third kappa shape index (κ3) is 4.63. The molecular formula is C19H24N2O3. The van der Waals surface area contributed by atoms with Crippen LogP contribution in [0.4, 0.5) is 0 Å². The van der Waals surface area contributed by atoms with Crippen molar-refractivity contribution >= 4 is 0 Å². The van der Waals surface area contributed by atoms with Crippen molar-refractivity contribution in [3.8, 4) is 17.2 Å². The molecule has 3 rings (SSSR count). The van der Waals surface area contributed by atoms with Crippen LogP contribution in [0, 0.1) is 0 Å². The van der Waals surface area contributed by atoms with Gasteiger partial charge in [0, 0.05) is 19.6 Å². The molecule has 0 aliphatic carbocycles. The summed E-state index contributed by atoms with van der Waals surface area (Å²) in [5, 5.41) is 3.43. The molecule has 0 radical (unpaired) electrons. The first kappa shape index (κ1) is 16.6. The minimum atomic E-state index is 0.295. The van der Waals surface area contributed by atoms with Gasteiger partial charge >= 0.3 is 0 Å². The summed E-state index contributed by atoms with van der Waals surface area (Å²) < 4.78 is 16.5. The third-order valence-electron chi connectivity index (χ3n) is 3.83. The van der Waals surface area contributed by atoms with E-state index >= 15 is 0 Å². The standard InChI is InChI=1S/C19H24N2O3/c1-21(2)10-9-20-12-15-3-6-17(7-4-15)22-13-16-5-8-18-19(11-16)24-14-23-18/h3-8,11,20H,9-10,12-14H2,1-2H3. The molecule has 0 amide bonds. The average Bonchev–Trinajstić information content (AvgIpc) is 3.05. The van der Waals surface area contributed by atoms with Crippen LogP contribution in [-0.2, 0) is 13.2 Å². The second-order valence-corrected chi connectivity index (χ2v) is 6.10. The first-order valence-corrected chi connectivity index (χ1v) is 8.16. The summed E-state index contributed by atoms with van der Waals surface area (Å²) in [6.45, 7) is 3.70. The molecule has 1 N–H and O–H groups in total. The predicted molar refractivity (Wildman–Crippen MR) is 93.6 cm³/mol. The number of ether oxygens (including phenoxy) is 3. The van der Waals surface area contributed by atoms with Crippen LogP contribution in [0.2, 0.25) is 0 Å². The van der Waals surface area contributed by atoms with Crippen molar-refractivity contribution in [1.82, 2.24) is 10.2 Å². The van der Waals surface area contributed by atoms with Gasteiger partial charge in [-0.3, -0.25) is 0 Å². The molecule has 0 aromatic heterocycles. The Bertz CT molecular complexity index is 656. The predicted octanol–water partition coefficient (Wildman–Crippen LogP) is 2.65. The van der Waals surface area contributed by atoms with Crippen molar-refractivity contribution in [1.29, 1.82) is 0 Å². The zero-order chi connectivity index (χ0) is 16.8. The van der Waals surface area contributed by atoms with Gasteiger partial charge in [0.25, 0.3) is 0 Å². The fraction of sp³-hybridized carbons (Fsp3) is 0.368. The van der Waals surface area contributed by atoms with Gasteiger partial charge in [0.15, 0.2) is 11.5 Å². The average molecular weight is 328 g/mol. The van der Waals surface area contributed by atoms with Gasteiger partial charge in [-0.25, -0.2) is 0 Å². The Kier molecular flexibility index (Phi) is 5.56. The van der Waals surface area contributed by atoms with E-state index in [1.54, 1.807) is 0 Å². The molecule has 0 spiro atoms. The van der Waals surface area contributed by atoms with Crippen LogP contribution >= 0.6 is 0 Å². The Hall–Kier alpha value is -2.24. The molecule has 2 aromatic carbocycles. The van der Waals surface area contributed by atoms with Gasteiger partial charge in [0.05, 0.1) is 0 Å². The first-order valence-electron chi connectivity index (χ1n) is 8.16. The minimum Gasteiger partial charge on any atom is -0.489 e. The molecular weight excluding hydrogens is 304 g/mol. The molecule has 1 heterocycles. The highest BCUT2D eigenvalue weighted by molar-refractivity contribution is 5.44. The lowest BCUT2D eigenvalue weighted by molar-refractivity contribution is 0.174. The smallest absolute Gasteiger partial charge is 0.231 e. The van der Waals surface area contributed by atoms with E-state index in [1.807, 2.05) is 30.3 Å². The van der Waals surface area contributed by atoms with Gasteiger partial charge in [-0.2, -0.15) is 0 Å². The van der Waals surface area contributed by atoms with Crippen molar-refractivity contribution in [3.63, 3.8) is 0 Å². The zero-order valence-electron chi connectivity index (χ0n) is 14.2. The molecule has 5 nitrogen and oxygen atoms in total. The molecule has 0 saturated heterocycles. The van der Waals surface area contributed by atoms with Gasteiger partial charge in [0.2, 0.25) is 6.79 Å². The van der Waals surface area contributed by atoms with Crippen molar-refractivity contribution in [2.24, 2.45) is 0 Å². The lowest BCUT2D eigenvalue weighted by atomic mass is 10.2. The lowest BCUT2D eigenvalue weighted by Crippen LogP contribution is -2.26. The van der Waals surface area contributed by atoms with Gasteiger partial charge in [-0.05, 0) is 49.5 Å². The van der Waals surface area contributed by atoms with E-state index in [0.29, 0.717) is 13.4 Å². The summed E-state index contributed by atoms with van der Waals surface area (Å²) in [6, 6.07) is 14.1. The Morgan fingerprint density at radius 3 is 2.54 bits per heavy atom. The third-order valence-corrected chi connectivity index (χ3v) is 3.83. The molecule has 2 aromatic rings. The van der Waals surface area contributed by atoms with E-state index < -0.39 is 0 Å². The van der Waals surface area contributed by atoms with Gasteiger partial charge in [0.1, 0.15) is 12.4 Å². The molecule has 5 heteroatoms. The quantitative estimate of drug-likeness (QED) is 0.755. The molecule has 1 aliphatic rings. The number of hydrogen-bond donors (Lipinski definition) is 1. The maximum atomic E-state index is 5.84. The Balaban J connectivity index is 1.46. The number of nitrogens with zero attached hydrogens (tertiary/aromatic N) is 1. The van der Waals surface area contributed by atoms with Crippen molar-refractivity contribution in [2.45, 2.75) is 13.2 Å². The van der Waals surface area contributed by atoms with Crippen molar-refractivity contribution < 1.29 is 14.2 Å². The highest BCUT2D eigenvalue weighted by Crippen LogP contribution is 2.32. The normalized spacial score (nSPS) is 12.6. The molecule has 0 fully saturated rings. The van der Waals surface area contributed by atoms with Crippen LogP contribution in [0.25, 0.3) is 0 Å². The number of nitrogens with one attached hydrogen (secondary N) is 1. The van der Waals surface area contributed by atoms with Crippen molar-refractivity contribution in [2.75, 3.05) is 34.0 Å². The van der Waals surface area contributed by atoms with Gasteiger partial charge in [-0.15, -0.1) is 0 Å². The second-order valence-electron chi connectivity index (χ2n) is 6.10. The summed E-state index contributed by atoms with van der Waals surface area (Å²) in [5.74, 6) is 2.45. The van der Waals surface area contributed by atoms with E-state index in [2.05, 4.69) is 36.4 Å². The summed E-state index contributed by atoms with van der Waals surface area (Å²) in [5.41, 5.74) is 2.32. The fourth-order valence-corrected chi connectivity index (χ4v) is 2.44. The van der Waals surface area contributed by atoms with E-state index in [4.69, 9.17) is 14.2 Å². The first-order chi connectivity index (χ1) is 11.7. The molecule has 0 bridgehead atoms. The van der Waals surface area contributed by atoms with Crippen LogP contribution in [0.1, 0.15) is 11.1 Å². The van der Waals surface area contributed by atoms with E-state index in [-0.39, 0.29) is 0 Å². The zero-order valence-corrected chi connectivity index (χ0v) is 14.2. The molecule has 128 valence electrons. The summed E-state index contributed by atoms with van der Waals surface area (Å²) in [4.78, 5) is 2.17. The molecule has 0 saturated carbocycles. The topological polar surface area (TPSA) is 43.0 Å². The van der Waals surface area contributed by atoms with Crippen LogP contribution in [0.15, 0.2) is 42.5 Å². The Morgan fingerprint density at radius 1 is 1.00 bits per heavy atom. The van der Waals surface area contributed by atoms with Gasteiger partial charge < -0.3 is 24.4 Å². The molecule has 1 aliphatic heterocycles. The van der Waals surface area contributed by atoms with Crippen LogP contribution in [0.3, 0.4) is 0 Å². The lowest BCUT2D eigenvalue weighted by Gasteiger charge is -2.11. The minimum absolute atomic E-state index is 0.295. The molecule has 0 atom stereocenters. The summed E-state index contributed by atoms with van der Waals surface area (Å²) in [7, 11) is 4.15. The Morgan fingerprint density at radius 2 is 1.75 bits per heavy atom. The maximum Gasteiger partial charge on any atom is 0.231 e. The Labute approximate surface area is 143 Å². The van der Waals surface area contributed by atoms with Crippen LogP contribution in [-0.4, -0.2) is 38.9 Å². The maximum absolute atomic E-state index is 5.84. The number of rotatable bonds is 8. The number of benzene rings is 2. The molecule has 0 unspecified atom stereocenters. The highest BCUT2D eigenvalue weighted by Gasteiger charge is 2.13. The summed E-state index contributed by atoms with van der Waals surface area (Å²) in [6.07, 6.45) is 0. The largest absolute Gasteiger partial charge is 0.489 e. The SMILES string of the molecule is CN(C)CCNCc1ccc(OCc2ccc3c(c2)OCO3)cc1. The van der Waals surface area contributed by atoms with Gasteiger partial charge in [-0.1, -0.05) is 18.2 Å². The van der Waals surface area contributed by atoms with E-state index in [0.717, 1.165) is 42.4 Å². The number of fused-ring (bicyclic) bond motifs is 1. The van der Waals surface area contributed by atoms with E-state index in [9.17, 15) is 0 Å². The fourth-order valence-electron chi connectivity index (χ4n) is 2.44. The number of hydrogen-bond acceptors (Lipinski definition) is 5. The van der Waals surface area contributed by atoms with Crippen LogP contribution < -0.4 is 19.5 Å². The van der Waals surface area contributed by atoms with E-state index in [1.165, 1.54) is 5.56 Å². The second kappa shape index (κ2) is 8.04. The number of likely N-dealkylation sites (N-methyl/N-ethyl adjacent to an activating group) is 1. The summed E-state index contributed by atoms with van der Waals surface area (Å²) >= 11 is 0. The van der Waals surface area contributed by atoms with Crippen LogP contribution in [0.5, 0.6) is 17.2 Å². The molecule has 24 heavy (non-hydrogen) atoms. The monoisotopic (exact) mass is 328 g/mol. The highest BCUT2D eigenvalue weighted by atomic mass is 16.7.